The Labute approximate surface area is 275 Å². The summed E-state index contributed by atoms with van der Waals surface area (Å²) in [6, 6.07) is 14.5. The molecule has 256 valence electrons. The summed E-state index contributed by atoms with van der Waals surface area (Å²) in [6.07, 6.45) is -9.42. The van der Waals surface area contributed by atoms with Crippen molar-refractivity contribution in [2.24, 2.45) is 0 Å². The van der Waals surface area contributed by atoms with E-state index in [9.17, 15) is 45.1 Å². The monoisotopic (exact) mass is 687 g/mol. The lowest BCUT2D eigenvalue weighted by molar-refractivity contribution is -0.137. The van der Waals surface area contributed by atoms with E-state index in [1.54, 1.807) is 37.3 Å². The van der Waals surface area contributed by atoms with Gasteiger partial charge in [-0.3, -0.25) is 19.3 Å². The van der Waals surface area contributed by atoms with Crippen molar-refractivity contribution in [1.29, 1.82) is 0 Å². The molecule has 0 saturated heterocycles. The molecule has 0 unspecified atom stereocenters. The van der Waals surface area contributed by atoms with Gasteiger partial charge in [-0.15, -0.1) is 0 Å². The first-order valence-corrected chi connectivity index (χ1v) is 14.9. The molecule has 49 heavy (non-hydrogen) atoms. The van der Waals surface area contributed by atoms with Crippen molar-refractivity contribution in [3.63, 3.8) is 0 Å². The maximum absolute atomic E-state index is 14.3. The average molecular weight is 688 g/mol. The molecule has 3 amide bonds. The summed E-state index contributed by atoms with van der Waals surface area (Å²) in [7, 11) is 0. The number of para-hydroxylation sites is 1. The van der Waals surface area contributed by atoms with Gasteiger partial charge in [-0.1, -0.05) is 36.4 Å². The van der Waals surface area contributed by atoms with Crippen LogP contribution in [0.3, 0.4) is 0 Å². The summed E-state index contributed by atoms with van der Waals surface area (Å²) in [6.45, 7) is 3.12. The number of alkyl halides is 6. The zero-order valence-corrected chi connectivity index (χ0v) is 25.8. The molecular weight excluding hydrogens is 659 g/mol. The molecule has 2 N–H and O–H groups in total. The van der Waals surface area contributed by atoms with Gasteiger partial charge < -0.3 is 10.6 Å². The largest absolute Gasteiger partial charge is 0.416 e. The molecule has 0 radical (unpaired) electrons. The Hall–Kier alpha value is -5.47. The fraction of sp³-hybridized carbons (Fsp3) is 0.235. The Morgan fingerprint density at radius 1 is 0.959 bits per heavy atom. The van der Waals surface area contributed by atoms with Gasteiger partial charge in [0.2, 0.25) is 5.91 Å². The van der Waals surface area contributed by atoms with E-state index < -0.39 is 59.5 Å². The molecule has 1 aliphatic rings. The van der Waals surface area contributed by atoms with E-state index in [1.807, 2.05) is 0 Å². The molecule has 3 aromatic carbocycles. The minimum Gasteiger partial charge on any atom is -0.344 e. The minimum atomic E-state index is -4.75. The number of carbonyl (C=O) groups excluding carboxylic acids is 3. The second-order valence-electron chi connectivity index (χ2n) is 11.1. The molecule has 8 nitrogen and oxygen atoms in total. The summed E-state index contributed by atoms with van der Waals surface area (Å²) in [5, 5.41) is 9.74. The van der Waals surface area contributed by atoms with Gasteiger partial charge in [0.15, 0.2) is 0 Å². The van der Waals surface area contributed by atoms with Crippen molar-refractivity contribution < 1.29 is 45.1 Å². The first-order valence-electron chi connectivity index (χ1n) is 14.9. The topological polar surface area (TPSA) is 96.3 Å². The predicted molar refractivity (Wildman–Crippen MR) is 164 cm³/mol. The summed E-state index contributed by atoms with van der Waals surface area (Å²) in [5.41, 5.74) is -0.337. The number of hydrogen-bond donors (Lipinski definition) is 2. The van der Waals surface area contributed by atoms with Crippen LogP contribution in [0.5, 0.6) is 0 Å². The van der Waals surface area contributed by atoms with E-state index in [-0.39, 0.29) is 35.3 Å². The lowest BCUT2D eigenvalue weighted by Gasteiger charge is -2.39. The minimum absolute atomic E-state index is 0.0188. The Morgan fingerprint density at radius 2 is 1.63 bits per heavy atom. The third-order valence-corrected chi connectivity index (χ3v) is 7.83. The third-order valence-electron chi connectivity index (χ3n) is 7.83. The van der Waals surface area contributed by atoms with E-state index in [0.717, 1.165) is 30.3 Å². The molecule has 0 bridgehead atoms. The Kier molecular flexibility index (Phi) is 9.65. The van der Waals surface area contributed by atoms with Crippen LogP contribution in [0.25, 0.3) is 5.69 Å². The van der Waals surface area contributed by atoms with Gasteiger partial charge >= 0.3 is 12.4 Å². The molecule has 0 saturated carbocycles. The average Bonchev–Trinajstić information content (AvgIpc) is 3.44. The number of fused-ring (bicyclic) bond motifs is 1. The van der Waals surface area contributed by atoms with Crippen LogP contribution in [0.2, 0.25) is 0 Å². The van der Waals surface area contributed by atoms with Gasteiger partial charge in [-0.25, -0.2) is 9.07 Å². The summed E-state index contributed by atoms with van der Waals surface area (Å²) in [5.74, 6) is -4.34. The number of likely N-dealkylation sites (N-methyl/N-ethyl adjacent to an activating group) is 1. The highest BCUT2D eigenvalue weighted by molar-refractivity contribution is 6.05. The van der Waals surface area contributed by atoms with E-state index in [1.165, 1.54) is 28.6 Å². The molecule has 0 spiro atoms. The van der Waals surface area contributed by atoms with Crippen LogP contribution in [0.4, 0.5) is 36.6 Å². The summed E-state index contributed by atoms with van der Waals surface area (Å²) < 4.78 is 94.3. The van der Waals surface area contributed by atoms with E-state index in [4.69, 9.17) is 5.10 Å². The Morgan fingerprint density at radius 3 is 2.24 bits per heavy atom. The number of nitrogens with zero attached hydrogens (tertiary/aromatic N) is 3. The van der Waals surface area contributed by atoms with Crippen LogP contribution in [0, 0.1) is 5.82 Å². The smallest absolute Gasteiger partial charge is 0.344 e. The van der Waals surface area contributed by atoms with Crippen LogP contribution in [0.15, 0.2) is 91.0 Å². The first kappa shape index (κ1) is 34.9. The van der Waals surface area contributed by atoms with Crippen LogP contribution < -0.4 is 15.5 Å². The van der Waals surface area contributed by atoms with Gasteiger partial charge in [-0.2, -0.15) is 31.4 Å². The number of aromatic nitrogens is 2. The lowest BCUT2D eigenvalue weighted by atomic mass is 9.80. The number of hydrogen-bond acceptors (Lipinski definition) is 4. The SMILES string of the molecule is CCN1C(=O)[C@@H](NC(=O)c2cccc(C(F)(F)F)c2)[C@@H](c2ccc(F)cc2)c2c([C@@H](C)NC(=O)/C=C/C(F)(F)F)nn(-c3ccccc3)c21. The molecule has 15 heteroatoms. The fourth-order valence-electron chi connectivity index (χ4n) is 5.69. The number of rotatable bonds is 8. The van der Waals surface area contributed by atoms with E-state index in [2.05, 4.69) is 10.6 Å². The van der Waals surface area contributed by atoms with Crippen LogP contribution in [0.1, 0.15) is 58.5 Å². The summed E-state index contributed by atoms with van der Waals surface area (Å²) in [4.78, 5) is 41.7. The van der Waals surface area contributed by atoms with Gasteiger partial charge in [0.1, 0.15) is 17.7 Å². The molecule has 3 atom stereocenters. The molecule has 4 aromatic rings. The zero-order chi connectivity index (χ0) is 35.7. The fourth-order valence-corrected chi connectivity index (χ4v) is 5.69. The maximum Gasteiger partial charge on any atom is 0.416 e. The Bertz CT molecular complexity index is 1890. The normalized spacial score (nSPS) is 17.2. The molecule has 0 fully saturated rings. The second-order valence-corrected chi connectivity index (χ2v) is 11.1. The number of carbonyl (C=O) groups is 3. The summed E-state index contributed by atoms with van der Waals surface area (Å²) >= 11 is 0. The highest BCUT2D eigenvalue weighted by Crippen LogP contribution is 2.45. The quantitative estimate of drug-likeness (QED) is 0.161. The third kappa shape index (κ3) is 7.50. The number of anilines is 1. The van der Waals surface area contributed by atoms with Crippen LogP contribution in [-0.4, -0.2) is 46.3 Å². The van der Waals surface area contributed by atoms with Crippen molar-refractivity contribution >= 4 is 23.5 Å². The number of nitrogens with one attached hydrogen (secondary N) is 2. The standard InChI is InChI=1S/C34H28F7N5O3/c1-3-45-31-27(28(44-46(31)24-10-5-4-6-11-24)19(2)42-25(47)16-17-33(36,37)38)26(20-12-14-23(35)15-13-20)29(32(45)49)43-30(48)21-8-7-9-22(18-21)34(39,40)41/h4-19,26,29H,3H2,1-2H3,(H,42,47)(H,43,48)/b17-16+/t19-,26+,29+/m1/s1. The Balaban J connectivity index is 1.70. The molecule has 0 aliphatic carbocycles. The number of halogens is 7. The van der Waals surface area contributed by atoms with Gasteiger partial charge in [-0.05, 0) is 61.9 Å². The lowest BCUT2D eigenvalue weighted by Crippen LogP contribution is -2.55. The van der Waals surface area contributed by atoms with Gasteiger partial charge in [0.25, 0.3) is 11.8 Å². The number of allylic oxidation sites excluding steroid dienone is 1. The van der Waals surface area contributed by atoms with Crippen LogP contribution >= 0.6 is 0 Å². The maximum atomic E-state index is 14.3. The predicted octanol–water partition coefficient (Wildman–Crippen LogP) is 6.62. The highest BCUT2D eigenvalue weighted by Gasteiger charge is 2.47. The zero-order valence-electron chi connectivity index (χ0n) is 25.8. The number of amides is 3. The van der Waals surface area contributed by atoms with Crippen molar-refractivity contribution in [3.8, 4) is 5.69 Å². The van der Waals surface area contributed by atoms with E-state index >= 15 is 0 Å². The molecule has 2 heterocycles. The van der Waals surface area contributed by atoms with Crippen molar-refractivity contribution in [3.05, 3.63) is 125 Å². The van der Waals surface area contributed by atoms with Crippen molar-refractivity contribution in [1.82, 2.24) is 20.4 Å². The van der Waals surface area contributed by atoms with Gasteiger partial charge in [0.05, 0.1) is 23.0 Å². The molecular formula is C34H28F7N5O3. The second kappa shape index (κ2) is 13.6. The molecule has 1 aliphatic heterocycles. The molecule has 5 rings (SSSR count). The van der Waals surface area contributed by atoms with E-state index in [0.29, 0.717) is 23.4 Å². The van der Waals surface area contributed by atoms with Crippen molar-refractivity contribution in [2.45, 2.75) is 44.2 Å². The van der Waals surface area contributed by atoms with Gasteiger partial charge in [0, 0.05) is 35.7 Å². The van der Waals surface area contributed by atoms with Crippen molar-refractivity contribution in [2.75, 3.05) is 11.4 Å². The van der Waals surface area contributed by atoms with Crippen LogP contribution in [-0.2, 0) is 15.8 Å². The first-order chi connectivity index (χ1) is 23.1. The highest BCUT2D eigenvalue weighted by atomic mass is 19.4. The number of benzene rings is 3. The molecule has 1 aromatic heterocycles.